The van der Waals surface area contributed by atoms with Crippen LogP contribution in [0.5, 0.6) is 0 Å². The predicted molar refractivity (Wildman–Crippen MR) is 115 cm³/mol. The number of hydrogen-bond donors (Lipinski definition) is 2. The molecule has 1 atom stereocenters. The highest BCUT2D eigenvalue weighted by atomic mass is 127. The summed E-state index contributed by atoms with van der Waals surface area (Å²) in [6, 6.07) is 5.98. The molecule has 0 spiro atoms. The van der Waals surface area contributed by atoms with E-state index in [0.29, 0.717) is 11.1 Å². The molecule has 4 nitrogen and oxygen atoms in total. The van der Waals surface area contributed by atoms with Crippen LogP contribution in [0.4, 0.5) is 0 Å². The van der Waals surface area contributed by atoms with Gasteiger partial charge < -0.3 is 10.6 Å². The number of nitrogens with one attached hydrogen (secondary N) is 2. The summed E-state index contributed by atoms with van der Waals surface area (Å²) >= 11 is 7.53. The van der Waals surface area contributed by atoms with Crippen molar-refractivity contribution < 1.29 is 0 Å². The van der Waals surface area contributed by atoms with E-state index in [9.17, 15) is 0 Å². The fraction of sp³-hybridized carbons (Fsp3) is 0.412. The first-order valence-electron chi connectivity index (χ1n) is 7.83. The molecule has 0 amide bonds. The number of rotatable bonds is 7. The Labute approximate surface area is 170 Å². The van der Waals surface area contributed by atoms with Crippen LogP contribution >= 0.6 is 46.9 Å². The molecule has 2 aromatic heterocycles. The first-order valence-corrected chi connectivity index (χ1v) is 9.15. The molecule has 2 rings (SSSR count). The van der Waals surface area contributed by atoms with Crippen LogP contribution in [0.2, 0.25) is 5.15 Å². The van der Waals surface area contributed by atoms with Crippen LogP contribution in [0.15, 0.2) is 40.1 Å². The van der Waals surface area contributed by atoms with Gasteiger partial charge in [-0.3, -0.25) is 4.99 Å². The summed E-state index contributed by atoms with van der Waals surface area (Å²) in [5, 5.41) is 11.5. The Balaban J connectivity index is 0.00000288. The molecule has 1 unspecified atom stereocenters. The maximum absolute atomic E-state index is 5.80. The number of nitrogens with zero attached hydrogens (tertiary/aromatic N) is 2. The highest BCUT2D eigenvalue weighted by Crippen LogP contribution is 2.18. The van der Waals surface area contributed by atoms with Gasteiger partial charge in [0.2, 0.25) is 0 Å². The van der Waals surface area contributed by atoms with Crippen molar-refractivity contribution in [1.82, 2.24) is 15.6 Å². The molecule has 2 N–H and O–H groups in total. The Morgan fingerprint density at radius 3 is 2.79 bits per heavy atom. The normalized spacial score (nSPS) is 12.4. The van der Waals surface area contributed by atoms with Gasteiger partial charge in [-0.05, 0) is 47.4 Å². The van der Waals surface area contributed by atoms with Gasteiger partial charge in [0.1, 0.15) is 5.15 Å². The smallest absolute Gasteiger partial charge is 0.191 e. The van der Waals surface area contributed by atoms with Gasteiger partial charge >= 0.3 is 0 Å². The maximum atomic E-state index is 5.80. The predicted octanol–water partition coefficient (Wildman–Crippen LogP) is 4.32. The van der Waals surface area contributed by atoms with Gasteiger partial charge in [0.25, 0.3) is 0 Å². The average molecular weight is 479 g/mol. The topological polar surface area (TPSA) is 49.3 Å². The second kappa shape index (κ2) is 11.7. The fourth-order valence-electron chi connectivity index (χ4n) is 2.11. The molecule has 0 bridgehead atoms. The third kappa shape index (κ3) is 7.36. The van der Waals surface area contributed by atoms with Crippen LogP contribution in [0.3, 0.4) is 0 Å². The Kier molecular flexibility index (Phi) is 10.3. The van der Waals surface area contributed by atoms with Gasteiger partial charge in [-0.2, -0.15) is 11.3 Å². The largest absolute Gasteiger partial charge is 0.357 e. The first-order chi connectivity index (χ1) is 11.2. The number of pyridine rings is 1. The van der Waals surface area contributed by atoms with Crippen molar-refractivity contribution in [2.24, 2.45) is 4.99 Å². The summed E-state index contributed by atoms with van der Waals surface area (Å²) in [6.07, 6.45) is 2.70. The van der Waals surface area contributed by atoms with E-state index in [1.54, 1.807) is 11.3 Å². The quantitative estimate of drug-likeness (QED) is 0.270. The van der Waals surface area contributed by atoms with E-state index in [2.05, 4.69) is 51.3 Å². The average Bonchev–Trinajstić information content (AvgIpc) is 3.08. The van der Waals surface area contributed by atoms with Crippen molar-refractivity contribution in [2.45, 2.75) is 26.2 Å². The summed E-state index contributed by atoms with van der Waals surface area (Å²) in [4.78, 5) is 8.77. The second-order valence-corrected chi connectivity index (χ2v) is 6.51. The van der Waals surface area contributed by atoms with E-state index >= 15 is 0 Å². The lowest BCUT2D eigenvalue weighted by Gasteiger charge is -2.13. The van der Waals surface area contributed by atoms with Crippen molar-refractivity contribution >= 4 is 52.9 Å². The Morgan fingerprint density at radius 2 is 2.17 bits per heavy atom. The molecule has 7 heteroatoms. The van der Waals surface area contributed by atoms with Gasteiger partial charge in [0.05, 0.1) is 0 Å². The minimum absolute atomic E-state index is 0. The molecule has 0 aromatic carbocycles. The molecule has 0 saturated carbocycles. The summed E-state index contributed by atoms with van der Waals surface area (Å²) in [5.74, 6) is 1.29. The Bertz CT molecular complexity index is 602. The van der Waals surface area contributed by atoms with Crippen molar-refractivity contribution in [2.75, 3.05) is 19.6 Å². The third-order valence-electron chi connectivity index (χ3n) is 3.47. The highest BCUT2D eigenvalue weighted by molar-refractivity contribution is 14.0. The molecule has 24 heavy (non-hydrogen) atoms. The zero-order valence-electron chi connectivity index (χ0n) is 14.0. The molecule has 0 fully saturated rings. The van der Waals surface area contributed by atoms with E-state index < -0.39 is 0 Å². The minimum atomic E-state index is 0. The molecule has 0 radical (unpaired) electrons. The Morgan fingerprint density at radius 1 is 1.33 bits per heavy atom. The van der Waals surface area contributed by atoms with E-state index in [1.807, 2.05) is 18.3 Å². The van der Waals surface area contributed by atoms with Gasteiger partial charge in [-0.25, -0.2) is 4.98 Å². The maximum Gasteiger partial charge on any atom is 0.191 e. The highest BCUT2D eigenvalue weighted by Gasteiger charge is 2.06. The van der Waals surface area contributed by atoms with Crippen molar-refractivity contribution in [3.8, 4) is 0 Å². The summed E-state index contributed by atoms with van der Waals surface area (Å²) in [7, 11) is 0. The molecule has 0 saturated heterocycles. The second-order valence-electron chi connectivity index (χ2n) is 5.34. The minimum Gasteiger partial charge on any atom is -0.357 e. The number of thiophene rings is 1. The van der Waals surface area contributed by atoms with E-state index in [-0.39, 0.29) is 24.0 Å². The number of guanidine groups is 1. The van der Waals surface area contributed by atoms with Gasteiger partial charge in [0.15, 0.2) is 5.96 Å². The van der Waals surface area contributed by atoms with Crippen LogP contribution in [0.25, 0.3) is 0 Å². The summed E-state index contributed by atoms with van der Waals surface area (Å²) in [6.45, 7) is 6.70. The zero-order chi connectivity index (χ0) is 16.5. The number of hydrogen-bond acceptors (Lipinski definition) is 3. The van der Waals surface area contributed by atoms with Crippen LogP contribution in [-0.4, -0.2) is 30.6 Å². The SMILES string of the molecule is CCNC(=NCC(C)c1ccsc1)NCCc1ccc(Cl)nc1.I. The number of halogens is 2. The monoisotopic (exact) mass is 478 g/mol. The fourth-order valence-corrected chi connectivity index (χ4v) is 3.00. The van der Waals surface area contributed by atoms with Crippen molar-refractivity contribution in [3.63, 3.8) is 0 Å². The summed E-state index contributed by atoms with van der Waals surface area (Å²) < 4.78 is 0. The lowest BCUT2D eigenvalue weighted by Crippen LogP contribution is -2.38. The molecule has 132 valence electrons. The van der Waals surface area contributed by atoms with Crippen LogP contribution in [0.1, 0.15) is 30.9 Å². The molecular formula is C17H24ClIN4S. The van der Waals surface area contributed by atoms with Crippen LogP contribution < -0.4 is 10.6 Å². The first kappa shape index (κ1) is 21.2. The van der Waals surface area contributed by atoms with Crippen LogP contribution in [0, 0.1) is 0 Å². The third-order valence-corrected chi connectivity index (χ3v) is 4.40. The molecule has 0 aliphatic carbocycles. The number of aromatic nitrogens is 1. The lowest BCUT2D eigenvalue weighted by atomic mass is 10.1. The standard InChI is InChI=1S/C17H23ClN4S.HI/c1-3-19-17(22-10-13(2)15-7-9-23-12-15)20-8-6-14-4-5-16(18)21-11-14;/h4-5,7,9,11-13H,3,6,8,10H2,1-2H3,(H2,19,20,22);1H. The van der Waals surface area contributed by atoms with Gasteiger partial charge in [-0.1, -0.05) is 24.6 Å². The van der Waals surface area contributed by atoms with Crippen molar-refractivity contribution in [3.05, 3.63) is 51.4 Å². The molecule has 2 heterocycles. The van der Waals surface area contributed by atoms with Gasteiger partial charge in [-0.15, -0.1) is 24.0 Å². The Hall–Kier alpha value is -0.860. The molecular weight excluding hydrogens is 455 g/mol. The van der Waals surface area contributed by atoms with Crippen molar-refractivity contribution in [1.29, 1.82) is 0 Å². The van der Waals surface area contributed by atoms with E-state index in [4.69, 9.17) is 11.6 Å². The lowest BCUT2D eigenvalue weighted by molar-refractivity contribution is 0.747. The number of aliphatic imine (C=N–C) groups is 1. The molecule has 0 aliphatic rings. The van der Waals surface area contributed by atoms with Crippen LogP contribution in [-0.2, 0) is 6.42 Å². The zero-order valence-corrected chi connectivity index (χ0v) is 17.9. The summed E-state index contributed by atoms with van der Waals surface area (Å²) in [5.41, 5.74) is 2.51. The van der Waals surface area contributed by atoms with E-state index in [0.717, 1.165) is 37.6 Å². The van der Waals surface area contributed by atoms with E-state index in [1.165, 1.54) is 5.56 Å². The van der Waals surface area contributed by atoms with Gasteiger partial charge in [0, 0.05) is 31.7 Å². The molecule has 0 aliphatic heterocycles. The molecule has 2 aromatic rings.